The molecule has 156 valence electrons. The number of ether oxygens (including phenoxy) is 2. The van der Waals surface area contributed by atoms with Crippen LogP contribution >= 0.6 is 0 Å². The van der Waals surface area contributed by atoms with Gasteiger partial charge in [0.25, 0.3) is 5.91 Å². The molecule has 3 rings (SSSR count). The Balaban J connectivity index is 1.46. The number of aryl methyl sites for hydroxylation is 1. The van der Waals surface area contributed by atoms with Gasteiger partial charge in [0.2, 0.25) is 0 Å². The van der Waals surface area contributed by atoms with Gasteiger partial charge >= 0.3 is 0 Å². The highest BCUT2D eigenvalue weighted by Crippen LogP contribution is 2.21. The van der Waals surface area contributed by atoms with Gasteiger partial charge < -0.3 is 19.5 Å². The van der Waals surface area contributed by atoms with E-state index in [0.29, 0.717) is 37.6 Å². The third kappa shape index (κ3) is 5.95. The van der Waals surface area contributed by atoms with Gasteiger partial charge in [-0.05, 0) is 43.7 Å². The van der Waals surface area contributed by atoms with Crippen molar-refractivity contribution in [2.45, 2.75) is 20.0 Å². The molecule has 1 amide bonds. The number of carbonyl (C=O) groups excluding carboxylic acids is 1. The fourth-order valence-corrected chi connectivity index (χ4v) is 3.48. The van der Waals surface area contributed by atoms with Gasteiger partial charge in [-0.25, -0.2) is 0 Å². The molecule has 1 unspecified atom stereocenters. The summed E-state index contributed by atoms with van der Waals surface area (Å²) < 4.78 is 11.3. The van der Waals surface area contributed by atoms with Crippen LogP contribution in [0, 0.1) is 6.92 Å². The standard InChI is InChI=1S/C23H30N2O4/c1-3-28-22-10-5-4-9-21(22)23(27)25-13-11-24(12-14-25)16-19(26)17-29-20-8-6-7-18(2)15-20/h4-10,15,19,26H,3,11-14,16-17H2,1-2H3. The molecule has 1 N–H and O–H groups in total. The van der Waals surface area contributed by atoms with Crippen molar-refractivity contribution in [1.82, 2.24) is 9.80 Å². The van der Waals surface area contributed by atoms with Gasteiger partial charge in [-0.3, -0.25) is 9.69 Å². The van der Waals surface area contributed by atoms with Crippen LogP contribution in [0.5, 0.6) is 11.5 Å². The summed E-state index contributed by atoms with van der Waals surface area (Å²) in [6.45, 7) is 7.95. The first kappa shape index (κ1) is 21.1. The fraction of sp³-hybridized carbons (Fsp3) is 0.435. The minimum Gasteiger partial charge on any atom is -0.493 e. The Bertz CT molecular complexity index is 803. The molecule has 0 saturated carbocycles. The highest BCUT2D eigenvalue weighted by molar-refractivity contribution is 5.97. The summed E-state index contributed by atoms with van der Waals surface area (Å²) in [7, 11) is 0. The maximum absolute atomic E-state index is 12.9. The van der Waals surface area contributed by atoms with Crippen molar-refractivity contribution in [3.8, 4) is 11.5 Å². The van der Waals surface area contributed by atoms with Crippen molar-refractivity contribution in [3.63, 3.8) is 0 Å². The molecule has 1 aliphatic rings. The number of hydrogen-bond acceptors (Lipinski definition) is 5. The smallest absolute Gasteiger partial charge is 0.257 e. The maximum atomic E-state index is 12.9. The molecule has 6 nitrogen and oxygen atoms in total. The normalized spacial score (nSPS) is 15.8. The molecule has 1 saturated heterocycles. The van der Waals surface area contributed by atoms with Crippen LogP contribution in [-0.2, 0) is 0 Å². The molecule has 0 radical (unpaired) electrons. The molecular weight excluding hydrogens is 368 g/mol. The number of aliphatic hydroxyl groups excluding tert-OH is 1. The van der Waals surface area contributed by atoms with Crippen molar-refractivity contribution < 1.29 is 19.4 Å². The zero-order valence-corrected chi connectivity index (χ0v) is 17.2. The number of rotatable bonds is 8. The molecule has 0 spiro atoms. The summed E-state index contributed by atoms with van der Waals surface area (Å²) in [5, 5.41) is 10.3. The van der Waals surface area contributed by atoms with Crippen LogP contribution in [0.4, 0.5) is 0 Å². The van der Waals surface area contributed by atoms with Crippen LogP contribution in [-0.4, -0.2) is 72.9 Å². The predicted molar refractivity (Wildman–Crippen MR) is 113 cm³/mol. The van der Waals surface area contributed by atoms with Gasteiger partial charge in [-0.2, -0.15) is 0 Å². The fourth-order valence-electron chi connectivity index (χ4n) is 3.48. The number of para-hydroxylation sites is 1. The van der Waals surface area contributed by atoms with Gasteiger partial charge in [0.15, 0.2) is 0 Å². The molecule has 2 aromatic rings. The SMILES string of the molecule is CCOc1ccccc1C(=O)N1CCN(CC(O)COc2cccc(C)c2)CC1. The second-order valence-corrected chi connectivity index (χ2v) is 7.30. The van der Waals surface area contributed by atoms with Crippen LogP contribution in [0.1, 0.15) is 22.8 Å². The zero-order valence-electron chi connectivity index (χ0n) is 17.2. The molecule has 0 aliphatic carbocycles. The van der Waals surface area contributed by atoms with Crippen LogP contribution in [0.25, 0.3) is 0 Å². The number of hydrogen-bond donors (Lipinski definition) is 1. The molecule has 1 atom stereocenters. The largest absolute Gasteiger partial charge is 0.493 e. The van der Waals surface area contributed by atoms with Crippen LogP contribution in [0.15, 0.2) is 48.5 Å². The van der Waals surface area contributed by atoms with Crippen molar-refractivity contribution in [2.75, 3.05) is 45.9 Å². The monoisotopic (exact) mass is 398 g/mol. The molecule has 0 bridgehead atoms. The quantitative estimate of drug-likeness (QED) is 0.741. The summed E-state index contributed by atoms with van der Waals surface area (Å²) in [4.78, 5) is 16.9. The van der Waals surface area contributed by atoms with Gasteiger partial charge in [0, 0.05) is 32.7 Å². The molecule has 6 heteroatoms. The number of nitrogens with zero attached hydrogens (tertiary/aromatic N) is 2. The Kier molecular flexibility index (Phi) is 7.49. The van der Waals surface area contributed by atoms with E-state index in [2.05, 4.69) is 4.90 Å². The van der Waals surface area contributed by atoms with E-state index in [-0.39, 0.29) is 12.5 Å². The van der Waals surface area contributed by atoms with Gasteiger partial charge in [-0.15, -0.1) is 0 Å². The van der Waals surface area contributed by atoms with E-state index in [9.17, 15) is 9.90 Å². The van der Waals surface area contributed by atoms with E-state index < -0.39 is 6.10 Å². The third-order valence-electron chi connectivity index (χ3n) is 4.98. The number of benzene rings is 2. The predicted octanol–water partition coefficient (Wildman–Crippen LogP) is 2.59. The van der Waals surface area contributed by atoms with E-state index in [1.165, 1.54) is 0 Å². The lowest BCUT2D eigenvalue weighted by molar-refractivity contribution is 0.0402. The molecule has 0 aromatic heterocycles. The van der Waals surface area contributed by atoms with Crippen molar-refractivity contribution in [2.24, 2.45) is 0 Å². The van der Waals surface area contributed by atoms with E-state index >= 15 is 0 Å². The highest BCUT2D eigenvalue weighted by atomic mass is 16.5. The minimum atomic E-state index is -0.573. The van der Waals surface area contributed by atoms with Gasteiger partial charge in [-0.1, -0.05) is 24.3 Å². The Morgan fingerprint density at radius 1 is 1.07 bits per heavy atom. The van der Waals surface area contributed by atoms with E-state index in [0.717, 1.165) is 24.4 Å². The van der Waals surface area contributed by atoms with E-state index in [1.807, 2.05) is 67.3 Å². The summed E-state index contributed by atoms with van der Waals surface area (Å²) in [5.74, 6) is 1.40. The second-order valence-electron chi connectivity index (χ2n) is 7.30. The summed E-state index contributed by atoms with van der Waals surface area (Å²) >= 11 is 0. The second kappa shape index (κ2) is 10.3. The summed E-state index contributed by atoms with van der Waals surface area (Å²) in [5.41, 5.74) is 1.73. The Morgan fingerprint density at radius 2 is 1.83 bits per heavy atom. The lowest BCUT2D eigenvalue weighted by Gasteiger charge is -2.35. The number of piperazine rings is 1. The molecular formula is C23H30N2O4. The molecule has 1 aliphatic heterocycles. The first-order chi connectivity index (χ1) is 14.1. The zero-order chi connectivity index (χ0) is 20.6. The average Bonchev–Trinajstić information content (AvgIpc) is 2.73. The molecule has 29 heavy (non-hydrogen) atoms. The Morgan fingerprint density at radius 3 is 2.55 bits per heavy atom. The Labute approximate surface area is 172 Å². The number of carbonyl (C=O) groups is 1. The highest BCUT2D eigenvalue weighted by Gasteiger charge is 2.25. The van der Waals surface area contributed by atoms with Crippen molar-refractivity contribution in [3.05, 3.63) is 59.7 Å². The first-order valence-electron chi connectivity index (χ1n) is 10.2. The van der Waals surface area contributed by atoms with Crippen LogP contribution in [0.3, 0.4) is 0 Å². The lowest BCUT2D eigenvalue weighted by atomic mass is 10.1. The van der Waals surface area contributed by atoms with Gasteiger partial charge in [0.05, 0.1) is 12.2 Å². The van der Waals surface area contributed by atoms with Crippen molar-refractivity contribution in [1.29, 1.82) is 0 Å². The maximum Gasteiger partial charge on any atom is 0.257 e. The molecule has 2 aromatic carbocycles. The van der Waals surface area contributed by atoms with Crippen LogP contribution < -0.4 is 9.47 Å². The number of β-amino-alcohol motifs (C(OH)–C–C–N with tert-alkyl or cyclic N) is 1. The number of amides is 1. The molecule has 1 fully saturated rings. The summed E-state index contributed by atoms with van der Waals surface area (Å²) in [6, 6.07) is 15.2. The number of aliphatic hydroxyl groups is 1. The van der Waals surface area contributed by atoms with Crippen molar-refractivity contribution >= 4 is 5.91 Å². The lowest BCUT2D eigenvalue weighted by Crippen LogP contribution is -2.51. The van der Waals surface area contributed by atoms with E-state index in [4.69, 9.17) is 9.47 Å². The third-order valence-corrected chi connectivity index (χ3v) is 4.98. The van der Waals surface area contributed by atoms with Gasteiger partial charge in [0.1, 0.15) is 24.2 Å². The van der Waals surface area contributed by atoms with E-state index in [1.54, 1.807) is 0 Å². The van der Waals surface area contributed by atoms with Crippen LogP contribution in [0.2, 0.25) is 0 Å². The topological polar surface area (TPSA) is 62.2 Å². The summed E-state index contributed by atoms with van der Waals surface area (Å²) in [6.07, 6.45) is -0.573. The minimum absolute atomic E-state index is 0.00275. The average molecular weight is 399 g/mol. The Hall–Kier alpha value is -2.57. The first-order valence-corrected chi connectivity index (χ1v) is 10.2. The molecule has 1 heterocycles.